The van der Waals surface area contributed by atoms with Gasteiger partial charge in [-0.2, -0.15) is 0 Å². The number of carbonyl (C=O) groups is 2. The number of fused-ring (bicyclic) bond motifs is 1. The summed E-state index contributed by atoms with van der Waals surface area (Å²) in [4.78, 5) is 25.1. The molecule has 0 bridgehead atoms. The lowest BCUT2D eigenvalue weighted by atomic mass is 9.99. The van der Waals surface area contributed by atoms with Crippen molar-refractivity contribution in [3.63, 3.8) is 0 Å². The lowest BCUT2D eigenvalue weighted by Gasteiger charge is -2.20. The number of benzene rings is 3. The van der Waals surface area contributed by atoms with Crippen molar-refractivity contribution in [2.45, 2.75) is 6.04 Å². The van der Waals surface area contributed by atoms with Gasteiger partial charge in [0, 0.05) is 11.8 Å². The van der Waals surface area contributed by atoms with Gasteiger partial charge in [0.05, 0.1) is 6.04 Å². The summed E-state index contributed by atoms with van der Waals surface area (Å²) in [6.07, 6.45) is 0. The summed E-state index contributed by atoms with van der Waals surface area (Å²) in [7, 11) is 0. The molecule has 2 amide bonds. The van der Waals surface area contributed by atoms with Crippen LogP contribution in [-0.4, -0.2) is 25.0 Å². The van der Waals surface area contributed by atoms with Gasteiger partial charge in [0.1, 0.15) is 13.2 Å². The Morgan fingerprint density at radius 2 is 1.31 bits per heavy atom. The molecule has 1 aliphatic heterocycles. The van der Waals surface area contributed by atoms with Crippen LogP contribution in [0.5, 0.6) is 11.5 Å². The van der Waals surface area contributed by atoms with E-state index in [-0.39, 0.29) is 0 Å². The molecule has 6 nitrogen and oxygen atoms in total. The summed E-state index contributed by atoms with van der Waals surface area (Å²) in [5.41, 5.74) is 2.24. The van der Waals surface area contributed by atoms with Crippen molar-refractivity contribution < 1.29 is 19.1 Å². The third kappa shape index (κ3) is 4.38. The zero-order valence-electron chi connectivity index (χ0n) is 15.6. The maximum atomic E-state index is 12.6. The fourth-order valence-electron chi connectivity index (χ4n) is 3.16. The van der Waals surface area contributed by atoms with E-state index in [4.69, 9.17) is 9.47 Å². The van der Waals surface area contributed by atoms with Gasteiger partial charge in [0.25, 0.3) is 0 Å². The van der Waals surface area contributed by atoms with E-state index >= 15 is 0 Å². The largest absolute Gasteiger partial charge is 0.486 e. The highest BCUT2D eigenvalue weighted by Gasteiger charge is 2.22. The molecule has 1 heterocycles. The highest BCUT2D eigenvalue weighted by atomic mass is 16.6. The molecule has 0 spiro atoms. The summed E-state index contributed by atoms with van der Waals surface area (Å²) in [6.45, 7) is 0.933. The van der Waals surface area contributed by atoms with Gasteiger partial charge in [-0.05, 0) is 23.3 Å². The van der Waals surface area contributed by atoms with Crippen molar-refractivity contribution >= 4 is 17.5 Å². The molecule has 29 heavy (non-hydrogen) atoms. The molecule has 6 heteroatoms. The molecule has 1 aliphatic rings. The van der Waals surface area contributed by atoms with Crippen molar-refractivity contribution in [2.75, 3.05) is 18.5 Å². The monoisotopic (exact) mass is 388 g/mol. The Morgan fingerprint density at radius 3 is 1.93 bits per heavy atom. The molecule has 0 saturated heterocycles. The highest BCUT2D eigenvalue weighted by molar-refractivity contribution is 6.39. The predicted molar refractivity (Wildman–Crippen MR) is 109 cm³/mol. The van der Waals surface area contributed by atoms with Gasteiger partial charge in [-0.25, -0.2) is 0 Å². The van der Waals surface area contributed by atoms with E-state index in [1.807, 2.05) is 60.7 Å². The maximum Gasteiger partial charge on any atom is 0.313 e. The Morgan fingerprint density at radius 1 is 0.724 bits per heavy atom. The number of rotatable bonds is 4. The minimum atomic E-state index is -0.751. The van der Waals surface area contributed by atoms with Crippen LogP contribution in [0.1, 0.15) is 17.2 Å². The molecular formula is C23H20N2O4. The molecule has 2 N–H and O–H groups in total. The molecule has 0 radical (unpaired) electrons. The Hall–Kier alpha value is -3.80. The van der Waals surface area contributed by atoms with Crippen LogP contribution in [0.4, 0.5) is 5.69 Å². The van der Waals surface area contributed by atoms with Crippen LogP contribution in [0, 0.1) is 0 Å². The zero-order chi connectivity index (χ0) is 20.1. The van der Waals surface area contributed by atoms with Crippen LogP contribution < -0.4 is 20.1 Å². The standard InChI is InChI=1S/C23H20N2O4/c26-22(24-18-11-12-19-20(15-18)29-14-13-28-19)23(27)25-21(16-7-3-1-4-8-16)17-9-5-2-6-10-17/h1-12,15,21H,13-14H2,(H,24,26)(H,25,27). The number of ether oxygens (including phenoxy) is 2. The molecule has 146 valence electrons. The van der Waals surface area contributed by atoms with Gasteiger partial charge in [0.2, 0.25) is 0 Å². The van der Waals surface area contributed by atoms with E-state index in [2.05, 4.69) is 10.6 Å². The molecule has 3 aromatic rings. The summed E-state index contributed by atoms with van der Waals surface area (Å²) < 4.78 is 11.0. The van der Waals surface area contributed by atoms with Crippen molar-refractivity contribution in [1.29, 1.82) is 0 Å². The van der Waals surface area contributed by atoms with E-state index in [0.717, 1.165) is 11.1 Å². The quantitative estimate of drug-likeness (QED) is 0.673. The smallest absolute Gasteiger partial charge is 0.313 e. The van der Waals surface area contributed by atoms with Crippen LogP contribution in [0.25, 0.3) is 0 Å². The Kier molecular flexibility index (Phi) is 5.42. The number of amides is 2. The van der Waals surface area contributed by atoms with Gasteiger partial charge >= 0.3 is 11.8 Å². The molecule has 0 saturated carbocycles. The fraction of sp³-hybridized carbons (Fsp3) is 0.130. The molecule has 3 aromatic carbocycles. The average molecular weight is 388 g/mol. The van der Waals surface area contributed by atoms with E-state index in [1.54, 1.807) is 18.2 Å². The van der Waals surface area contributed by atoms with E-state index in [9.17, 15) is 9.59 Å². The first-order valence-corrected chi connectivity index (χ1v) is 9.32. The lowest BCUT2D eigenvalue weighted by molar-refractivity contribution is -0.136. The third-order valence-corrected chi connectivity index (χ3v) is 4.55. The second-order valence-electron chi connectivity index (χ2n) is 6.54. The fourth-order valence-corrected chi connectivity index (χ4v) is 3.16. The summed E-state index contributed by atoms with van der Waals surface area (Å²) in [6, 6.07) is 23.6. The molecule has 0 aliphatic carbocycles. The minimum Gasteiger partial charge on any atom is -0.486 e. The van der Waals surface area contributed by atoms with Crippen LogP contribution in [-0.2, 0) is 9.59 Å². The minimum absolute atomic E-state index is 0.434. The first-order valence-electron chi connectivity index (χ1n) is 9.32. The van der Waals surface area contributed by atoms with Crippen LogP contribution in [0.15, 0.2) is 78.9 Å². The average Bonchev–Trinajstić information content (AvgIpc) is 2.78. The first kappa shape index (κ1) is 18.6. The van der Waals surface area contributed by atoms with Crippen LogP contribution in [0.2, 0.25) is 0 Å². The van der Waals surface area contributed by atoms with Gasteiger partial charge < -0.3 is 20.1 Å². The predicted octanol–water partition coefficient (Wildman–Crippen LogP) is 3.30. The molecule has 0 fully saturated rings. The molecule has 0 aromatic heterocycles. The lowest BCUT2D eigenvalue weighted by Crippen LogP contribution is -2.38. The zero-order valence-corrected chi connectivity index (χ0v) is 15.6. The van der Waals surface area contributed by atoms with Crippen molar-refractivity contribution in [3.8, 4) is 11.5 Å². The van der Waals surface area contributed by atoms with Gasteiger partial charge in [-0.15, -0.1) is 0 Å². The SMILES string of the molecule is O=C(Nc1ccc2c(c1)OCCO2)C(=O)NC(c1ccccc1)c1ccccc1. The topological polar surface area (TPSA) is 76.7 Å². The van der Waals surface area contributed by atoms with Gasteiger partial charge in [-0.3, -0.25) is 9.59 Å². The first-order chi connectivity index (χ1) is 14.2. The van der Waals surface area contributed by atoms with Crippen LogP contribution in [0.3, 0.4) is 0 Å². The molecule has 0 atom stereocenters. The molecular weight excluding hydrogens is 368 g/mol. The number of hydrogen-bond donors (Lipinski definition) is 2. The number of hydrogen-bond acceptors (Lipinski definition) is 4. The Bertz CT molecular complexity index is 966. The van der Waals surface area contributed by atoms with Crippen molar-refractivity contribution in [1.82, 2.24) is 5.32 Å². The molecule has 0 unspecified atom stereocenters. The second kappa shape index (κ2) is 8.48. The Labute approximate surface area is 168 Å². The third-order valence-electron chi connectivity index (χ3n) is 4.55. The van der Waals surface area contributed by atoms with Crippen molar-refractivity contribution in [3.05, 3.63) is 90.0 Å². The number of anilines is 1. The van der Waals surface area contributed by atoms with E-state index in [1.165, 1.54) is 0 Å². The number of nitrogens with one attached hydrogen (secondary N) is 2. The van der Waals surface area contributed by atoms with Crippen LogP contribution >= 0.6 is 0 Å². The summed E-state index contributed by atoms with van der Waals surface area (Å²) in [5, 5.41) is 5.44. The van der Waals surface area contributed by atoms with E-state index < -0.39 is 17.9 Å². The van der Waals surface area contributed by atoms with E-state index in [0.29, 0.717) is 30.4 Å². The highest BCUT2D eigenvalue weighted by Crippen LogP contribution is 2.32. The van der Waals surface area contributed by atoms with Gasteiger partial charge in [0.15, 0.2) is 11.5 Å². The van der Waals surface area contributed by atoms with Crippen molar-refractivity contribution in [2.24, 2.45) is 0 Å². The second-order valence-corrected chi connectivity index (χ2v) is 6.54. The molecule has 4 rings (SSSR count). The normalized spacial score (nSPS) is 12.3. The van der Waals surface area contributed by atoms with Gasteiger partial charge in [-0.1, -0.05) is 60.7 Å². The summed E-state index contributed by atoms with van der Waals surface area (Å²) in [5.74, 6) is -0.316. The summed E-state index contributed by atoms with van der Waals surface area (Å²) >= 11 is 0. The Balaban J connectivity index is 1.49. The maximum absolute atomic E-state index is 12.6. The number of carbonyl (C=O) groups excluding carboxylic acids is 2.